The van der Waals surface area contributed by atoms with E-state index in [2.05, 4.69) is 15.9 Å². The molecule has 0 aliphatic rings. The molecule has 1 nitrogen and oxygen atoms in total. The van der Waals surface area contributed by atoms with E-state index in [-0.39, 0.29) is 15.1 Å². The van der Waals surface area contributed by atoms with E-state index in [0.29, 0.717) is 6.07 Å². The molecule has 1 aromatic rings. The molecule has 0 N–H and O–H groups in total. The lowest BCUT2D eigenvalue weighted by molar-refractivity contribution is -0.137. The molecule has 6 heteroatoms. The van der Waals surface area contributed by atoms with Crippen LogP contribution in [-0.2, 0) is 6.18 Å². The van der Waals surface area contributed by atoms with Crippen LogP contribution in [0.15, 0.2) is 16.6 Å². The van der Waals surface area contributed by atoms with Crippen LogP contribution >= 0.6 is 27.5 Å². The smallest absolute Gasteiger partial charge is 0.192 e. The molecular formula is C8H2BrClF3N. The minimum Gasteiger partial charge on any atom is -0.192 e. The first-order chi connectivity index (χ1) is 6.36. The Morgan fingerprint density at radius 1 is 1.36 bits per heavy atom. The Kier molecular flexibility index (Phi) is 3.07. The third-order valence-electron chi connectivity index (χ3n) is 1.48. The third-order valence-corrected chi connectivity index (χ3v) is 2.74. The number of rotatable bonds is 0. The lowest BCUT2D eigenvalue weighted by atomic mass is 10.1. The number of hydrogen-bond donors (Lipinski definition) is 0. The van der Waals surface area contributed by atoms with Crippen LogP contribution in [0, 0.1) is 11.3 Å². The van der Waals surface area contributed by atoms with Crippen molar-refractivity contribution < 1.29 is 13.2 Å². The number of nitrogens with zero attached hydrogens (tertiary/aromatic N) is 1. The summed E-state index contributed by atoms with van der Waals surface area (Å²) in [5, 5.41) is 8.50. The van der Waals surface area contributed by atoms with E-state index < -0.39 is 11.7 Å². The third kappa shape index (κ3) is 2.20. The van der Waals surface area contributed by atoms with Gasteiger partial charge in [0.1, 0.15) is 6.07 Å². The van der Waals surface area contributed by atoms with Gasteiger partial charge in [-0.2, -0.15) is 18.4 Å². The molecule has 0 unspecified atom stereocenters. The van der Waals surface area contributed by atoms with Gasteiger partial charge >= 0.3 is 6.18 Å². The molecule has 0 saturated carbocycles. The van der Waals surface area contributed by atoms with Crippen LogP contribution in [-0.4, -0.2) is 0 Å². The summed E-state index contributed by atoms with van der Waals surface area (Å²) < 4.78 is 36.8. The van der Waals surface area contributed by atoms with Gasteiger partial charge in [0, 0.05) is 4.47 Å². The highest BCUT2D eigenvalue weighted by molar-refractivity contribution is 9.10. The number of halogens is 5. The highest BCUT2D eigenvalue weighted by Gasteiger charge is 2.31. The molecule has 0 bridgehead atoms. The summed E-state index contributed by atoms with van der Waals surface area (Å²) in [5.74, 6) is 0. The number of nitriles is 1. The second-order valence-electron chi connectivity index (χ2n) is 2.43. The quantitative estimate of drug-likeness (QED) is 0.706. The Hall–Kier alpha value is -0.730. The molecule has 0 atom stereocenters. The van der Waals surface area contributed by atoms with Crippen molar-refractivity contribution in [2.24, 2.45) is 0 Å². The maximum absolute atomic E-state index is 12.2. The van der Waals surface area contributed by atoms with E-state index in [0.717, 1.165) is 6.07 Å². The van der Waals surface area contributed by atoms with Crippen molar-refractivity contribution in [3.8, 4) is 6.07 Å². The average molecular weight is 284 g/mol. The summed E-state index contributed by atoms with van der Waals surface area (Å²) in [5.41, 5.74) is -1.10. The summed E-state index contributed by atoms with van der Waals surface area (Å²) in [6.07, 6.45) is -4.47. The monoisotopic (exact) mass is 283 g/mol. The Bertz CT molecular complexity index is 408. The predicted molar refractivity (Wildman–Crippen MR) is 48.9 cm³/mol. The van der Waals surface area contributed by atoms with Crippen LogP contribution in [0.4, 0.5) is 13.2 Å². The summed E-state index contributed by atoms with van der Waals surface area (Å²) in [6.45, 7) is 0. The van der Waals surface area contributed by atoms with Gasteiger partial charge in [-0.15, -0.1) is 0 Å². The zero-order valence-corrected chi connectivity index (χ0v) is 8.83. The second kappa shape index (κ2) is 3.79. The van der Waals surface area contributed by atoms with Crippen molar-refractivity contribution in [2.45, 2.75) is 6.18 Å². The highest BCUT2D eigenvalue weighted by Crippen LogP contribution is 2.35. The minimum atomic E-state index is -4.47. The fraction of sp³-hybridized carbons (Fsp3) is 0.125. The van der Waals surface area contributed by atoms with Gasteiger partial charge in [-0.25, -0.2) is 0 Å². The molecule has 0 fully saturated rings. The van der Waals surface area contributed by atoms with E-state index in [1.54, 1.807) is 6.07 Å². The Labute approximate surface area is 91.2 Å². The first kappa shape index (κ1) is 11.3. The van der Waals surface area contributed by atoms with Crippen LogP contribution in [0.1, 0.15) is 11.1 Å². The molecule has 0 amide bonds. The van der Waals surface area contributed by atoms with Gasteiger partial charge in [-0.3, -0.25) is 0 Å². The zero-order valence-electron chi connectivity index (χ0n) is 6.49. The SMILES string of the molecule is N#Cc1cc(C(F)(F)F)cc(Br)c1Cl. The molecular weight excluding hydrogens is 282 g/mol. The molecule has 0 saturated heterocycles. The van der Waals surface area contributed by atoms with Crippen molar-refractivity contribution >= 4 is 27.5 Å². The van der Waals surface area contributed by atoms with E-state index in [1.165, 1.54) is 0 Å². The first-order valence-corrected chi connectivity index (χ1v) is 4.49. The Balaban J connectivity index is 3.40. The van der Waals surface area contributed by atoms with Crippen molar-refractivity contribution in [3.63, 3.8) is 0 Å². The maximum Gasteiger partial charge on any atom is 0.416 e. The van der Waals surface area contributed by atoms with Gasteiger partial charge in [-0.1, -0.05) is 11.6 Å². The number of alkyl halides is 3. The number of benzene rings is 1. The highest BCUT2D eigenvalue weighted by atomic mass is 79.9. The van der Waals surface area contributed by atoms with E-state index in [9.17, 15) is 13.2 Å². The van der Waals surface area contributed by atoms with Crippen LogP contribution in [0.5, 0.6) is 0 Å². The van der Waals surface area contributed by atoms with E-state index in [1.807, 2.05) is 0 Å². The summed E-state index contributed by atoms with van der Waals surface area (Å²) in [6, 6.07) is 3.14. The fourth-order valence-corrected chi connectivity index (χ4v) is 1.45. The van der Waals surface area contributed by atoms with Gasteiger partial charge in [-0.05, 0) is 28.1 Å². The second-order valence-corrected chi connectivity index (χ2v) is 3.66. The molecule has 0 aromatic heterocycles. The van der Waals surface area contributed by atoms with Crippen LogP contribution in [0.2, 0.25) is 5.02 Å². The average Bonchev–Trinajstić information content (AvgIpc) is 2.07. The standard InChI is InChI=1S/C8H2BrClF3N/c9-6-2-5(8(11,12)13)1-4(3-14)7(6)10/h1-2H. The topological polar surface area (TPSA) is 23.8 Å². The van der Waals surface area contributed by atoms with Crippen molar-refractivity contribution in [3.05, 3.63) is 32.8 Å². The zero-order chi connectivity index (χ0) is 10.9. The van der Waals surface area contributed by atoms with E-state index in [4.69, 9.17) is 16.9 Å². The van der Waals surface area contributed by atoms with Crippen LogP contribution in [0.3, 0.4) is 0 Å². The molecule has 0 radical (unpaired) electrons. The molecule has 14 heavy (non-hydrogen) atoms. The normalized spacial score (nSPS) is 11.1. The summed E-state index contributed by atoms with van der Waals surface area (Å²) in [7, 11) is 0. The largest absolute Gasteiger partial charge is 0.416 e. The maximum atomic E-state index is 12.2. The van der Waals surface area contributed by atoms with Crippen molar-refractivity contribution in [1.29, 1.82) is 5.26 Å². The van der Waals surface area contributed by atoms with Gasteiger partial charge in [0.15, 0.2) is 0 Å². The molecule has 0 aliphatic carbocycles. The number of hydrogen-bond acceptors (Lipinski definition) is 1. The molecule has 0 aliphatic heterocycles. The van der Waals surface area contributed by atoms with Crippen molar-refractivity contribution in [1.82, 2.24) is 0 Å². The summed E-state index contributed by atoms with van der Waals surface area (Å²) >= 11 is 8.43. The predicted octanol–water partition coefficient (Wildman–Crippen LogP) is 3.99. The lowest BCUT2D eigenvalue weighted by Gasteiger charge is -2.08. The first-order valence-electron chi connectivity index (χ1n) is 3.32. The van der Waals surface area contributed by atoms with Gasteiger partial charge < -0.3 is 0 Å². The fourth-order valence-electron chi connectivity index (χ4n) is 0.834. The van der Waals surface area contributed by atoms with Gasteiger partial charge in [0.25, 0.3) is 0 Å². The van der Waals surface area contributed by atoms with E-state index >= 15 is 0 Å². The molecule has 0 spiro atoms. The molecule has 0 heterocycles. The summed E-state index contributed by atoms with van der Waals surface area (Å²) in [4.78, 5) is 0. The van der Waals surface area contributed by atoms with Gasteiger partial charge in [0.2, 0.25) is 0 Å². The van der Waals surface area contributed by atoms with Crippen LogP contribution < -0.4 is 0 Å². The van der Waals surface area contributed by atoms with Gasteiger partial charge in [0.05, 0.1) is 16.1 Å². The lowest BCUT2D eigenvalue weighted by Crippen LogP contribution is -2.05. The Morgan fingerprint density at radius 2 is 1.93 bits per heavy atom. The van der Waals surface area contributed by atoms with Crippen molar-refractivity contribution in [2.75, 3.05) is 0 Å². The minimum absolute atomic E-state index is 0.0134. The van der Waals surface area contributed by atoms with Crippen LogP contribution in [0.25, 0.3) is 0 Å². The molecule has 1 rings (SSSR count). The Morgan fingerprint density at radius 3 is 2.36 bits per heavy atom. The molecule has 74 valence electrons. The molecule has 1 aromatic carbocycles.